The van der Waals surface area contributed by atoms with Crippen molar-refractivity contribution in [1.29, 1.82) is 0 Å². The molecule has 1 N–H and O–H groups in total. The number of carbonyl (C=O) groups is 1. The predicted molar refractivity (Wildman–Crippen MR) is 101 cm³/mol. The summed E-state index contributed by atoms with van der Waals surface area (Å²) in [6, 6.07) is 5.32. The third kappa shape index (κ3) is 2.52. The highest BCUT2D eigenvalue weighted by Gasteiger charge is 2.44. The first kappa shape index (κ1) is 17.9. The van der Waals surface area contributed by atoms with Crippen molar-refractivity contribution in [2.45, 2.75) is 18.6 Å². The molecular weight excluding hydrogens is 378 g/mol. The number of fused-ring (bicyclic) bond motifs is 3. The van der Waals surface area contributed by atoms with E-state index in [1.165, 1.54) is 14.2 Å². The van der Waals surface area contributed by atoms with Crippen LogP contribution in [0.4, 0.5) is 0 Å². The number of esters is 1. The molecule has 0 bridgehead atoms. The summed E-state index contributed by atoms with van der Waals surface area (Å²) in [7, 11) is 4.65. The maximum Gasteiger partial charge on any atom is 0.343 e. The zero-order valence-electron chi connectivity index (χ0n) is 16.4. The van der Waals surface area contributed by atoms with Gasteiger partial charge in [0.2, 0.25) is 12.5 Å². The van der Waals surface area contributed by atoms with Crippen LogP contribution in [-0.2, 0) is 11.2 Å². The summed E-state index contributed by atoms with van der Waals surface area (Å²) in [4.78, 5) is 12.8. The highest BCUT2D eigenvalue weighted by Crippen LogP contribution is 2.53. The van der Waals surface area contributed by atoms with Gasteiger partial charge in [-0.3, -0.25) is 0 Å². The molecule has 2 aromatic rings. The van der Waals surface area contributed by atoms with Crippen LogP contribution < -0.4 is 29.0 Å². The molecule has 3 aliphatic heterocycles. The van der Waals surface area contributed by atoms with Gasteiger partial charge in [-0.25, -0.2) is 4.79 Å². The number of benzene rings is 2. The van der Waals surface area contributed by atoms with Crippen LogP contribution in [-0.4, -0.2) is 40.6 Å². The van der Waals surface area contributed by atoms with E-state index in [2.05, 4.69) is 5.32 Å². The van der Waals surface area contributed by atoms with Gasteiger partial charge in [0, 0.05) is 11.1 Å². The van der Waals surface area contributed by atoms with Crippen molar-refractivity contribution in [2.75, 3.05) is 34.7 Å². The number of nitrogens with one attached hydrogen (secondary N) is 1. The molecule has 152 valence electrons. The fourth-order valence-corrected chi connectivity index (χ4v) is 4.43. The van der Waals surface area contributed by atoms with Gasteiger partial charge in [0.1, 0.15) is 11.7 Å². The first-order valence-electron chi connectivity index (χ1n) is 9.36. The normalized spacial score (nSPS) is 21.3. The summed E-state index contributed by atoms with van der Waals surface area (Å²) < 4.78 is 33.5. The van der Waals surface area contributed by atoms with Gasteiger partial charge in [-0.1, -0.05) is 6.07 Å². The molecule has 0 aromatic heterocycles. The van der Waals surface area contributed by atoms with Crippen LogP contribution in [0.5, 0.6) is 28.7 Å². The van der Waals surface area contributed by atoms with Crippen LogP contribution in [0.15, 0.2) is 18.2 Å². The third-order valence-corrected chi connectivity index (χ3v) is 5.64. The van der Waals surface area contributed by atoms with E-state index in [0.29, 0.717) is 34.3 Å². The van der Waals surface area contributed by atoms with Crippen LogP contribution in [0.1, 0.15) is 39.2 Å². The Morgan fingerprint density at radius 2 is 1.90 bits per heavy atom. The van der Waals surface area contributed by atoms with Crippen LogP contribution in [0, 0.1) is 0 Å². The Hall–Kier alpha value is -3.13. The molecule has 3 heterocycles. The molecule has 0 unspecified atom stereocenters. The average Bonchev–Trinajstić information content (AvgIpc) is 3.35. The Morgan fingerprint density at radius 1 is 1.07 bits per heavy atom. The van der Waals surface area contributed by atoms with Crippen molar-refractivity contribution in [2.24, 2.45) is 0 Å². The minimum atomic E-state index is -0.536. The van der Waals surface area contributed by atoms with Gasteiger partial charge in [-0.15, -0.1) is 0 Å². The fraction of sp³-hybridized carbons (Fsp3) is 0.381. The van der Waals surface area contributed by atoms with E-state index in [9.17, 15) is 4.79 Å². The first-order valence-corrected chi connectivity index (χ1v) is 9.36. The van der Waals surface area contributed by atoms with Gasteiger partial charge in [-0.05, 0) is 30.7 Å². The Labute approximate surface area is 167 Å². The van der Waals surface area contributed by atoms with E-state index in [1.807, 2.05) is 12.1 Å². The largest absolute Gasteiger partial charge is 0.493 e. The lowest BCUT2D eigenvalue weighted by Gasteiger charge is -2.32. The summed E-state index contributed by atoms with van der Waals surface area (Å²) in [5.41, 5.74) is 3.14. The van der Waals surface area contributed by atoms with E-state index in [4.69, 9.17) is 28.4 Å². The molecule has 3 aliphatic rings. The number of hydrogen-bond acceptors (Lipinski definition) is 8. The maximum atomic E-state index is 12.8. The Bertz CT molecular complexity index is 1000. The molecule has 2 atom stereocenters. The van der Waals surface area contributed by atoms with E-state index in [0.717, 1.165) is 29.7 Å². The zero-order chi connectivity index (χ0) is 20.1. The monoisotopic (exact) mass is 399 g/mol. The first-order chi connectivity index (χ1) is 14.2. The van der Waals surface area contributed by atoms with E-state index in [1.54, 1.807) is 13.2 Å². The molecule has 0 spiro atoms. The molecule has 0 saturated carbocycles. The van der Waals surface area contributed by atoms with Gasteiger partial charge >= 0.3 is 5.97 Å². The topological polar surface area (TPSA) is 84.5 Å². The quantitative estimate of drug-likeness (QED) is 0.786. The Balaban J connectivity index is 1.65. The summed E-state index contributed by atoms with van der Waals surface area (Å²) in [6.07, 6.45) is 0.267. The highest BCUT2D eigenvalue weighted by molar-refractivity contribution is 5.98. The number of cyclic esters (lactones) is 1. The molecule has 0 amide bonds. The van der Waals surface area contributed by atoms with Gasteiger partial charge in [0.05, 0.1) is 27.4 Å². The van der Waals surface area contributed by atoms with Crippen LogP contribution in [0.2, 0.25) is 0 Å². The molecule has 8 heteroatoms. The molecule has 0 radical (unpaired) electrons. The Kier molecular flexibility index (Phi) is 4.16. The van der Waals surface area contributed by atoms with Crippen LogP contribution in [0.3, 0.4) is 0 Å². The van der Waals surface area contributed by atoms with Gasteiger partial charge < -0.3 is 33.7 Å². The number of ether oxygens (including phenoxy) is 6. The van der Waals surface area contributed by atoms with E-state index in [-0.39, 0.29) is 12.8 Å². The van der Waals surface area contributed by atoms with Gasteiger partial charge in [-0.2, -0.15) is 0 Å². The number of rotatable bonds is 4. The lowest BCUT2D eigenvalue weighted by Crippen LogP contribution is -2.34. The highest BCUT2D eigenvalue weighted by atomic mass is 16.7. The van der Waals surface area contributed by atoms with Crippen molar-refractivity contribution in [3.8, 4) is 28.7 Å². The second-order valence-electron chi connectivity index (χ2n) is 6.99. The van der Waals surface area contributed by atoms with E-state index >= 15 is 0 Å². The molecule has 8 nitrogen and oxygen atoms in total. The summed E-state index contributed by atoms with van der Waals surface area (Å²) >= 11 is 0. The lowest BCUT2D eigenvalue weighted by molar-refractivity contribution is 0.0282. The molecule has 0 fully saturated rings. The van der Waals surface area contributed by atoms with Crippen LogP contribution >= 0.6 is 0 Å². The number of carbonyl (C=O) groups excluding carboxylic acids is 1. The third-order valence-electron chi connectivity index (χ3n) is 5.64. The SMILES string of the molecule is COc1ccc2c(c1OC)C(=O)O[C@H]2[C@@H]1NCCc2cc3c(c(OC)c21)OCO3. The standard InChI is InChI=1S/C21H21NO7/c1-24-12-5-4-11-15(18(12)25-2)21(23)29-17(11)16-14-10(6-7-22-16)8-13-19(20(14)26-3)28-9-27-13/h4-5,8,16-17,22H,6-7,9H2,1-3H3/t16-,17-/m1/s1. The molecule has 0 saturated heterocycles. The lowest BCUT2D eigenvalue weighted by atomic mass is 9.86. The molecule has 29 heavy (non-hydrogen) atoms. The smallest absolute Gasteiger partial charge is 0.343 e. The fourth-order valence-electron chi connectivity index (χ4n) is 4.43. The molecule has 5 rings (SSSR count). The predicted octanol–water partition coefficient (Wildman–Crippen LogP) is 2.54. The Morgan fingerprint density at radius 3 is 2.66 bits per heavy atom. The minimum absolute atomic E-state index is 0.158. The van der Waals surface area contributed by atoms with Crippen molar-refractivity contribution < 1.29 is 33.2 Å². The second kappa shape index (κ2) is 6.73. The summed E-state index contributed by atoms with van der Waals surface area (Å²) in [5.74, 6) is 2.30. The average molecular weight is 399 g/mol. The van der Waals surface area contributed by atoms with Crippen LogP contribution in [0.25, 0.3) is 0 Å². The summed E-state index contributed by atoms with van der Waals surface area (Å²) in [6.45, 7) is 0.891. The summed E-state index contributed by atoms with van der Waals surface area (Å²) in [5, 5.41) is 3.49. The second-order valence-corrected chi connectivity index (χ2v) is 6.99. The van der Waals surface area contributed by atoms with Crippen molar-refractivity contribution >= 4 is 5.97 Å². The minimum Gasteiger partial charge on any atom is -0.493 e. The van der Waals surface area contributed by atoms with Gasteiger partial charge in [0.15, 0.2) is 23.0 Å². The van der Waals surface area contributed by atoms with E-state index < -0.39 is 12.1 Å². The molecule has 2 aromatic carbocycles. The van der Waals surface area contributed by atoms with Crippen molar-refractivity contribution in [1.82, 2.24) is 5.32 Å². The van der Waals surface area contributed by atoms with Crippen molar-refractivity contribution in [3.63, 3.8) is 0 Å². The van der Waals surface area contributed by atoms with Crippen molar-refractivity contribution in [3.05, 3.63) is 40.5 Å². The number of hydrogen-bond donors (Lipinski definition) is 1. The van der Waals surface area contributed by atoms with Gasteiger partial charge in [0.25, 0.3) is 0 Å². The zero-order valence-corrected chi connectivity index (χ0v) is 16.4. The number of methoxy groups -OCH3 is 3. The molecular formula is C21H21NO7. The maximum absolute atomic E-state index is 12.8. The molecule has 0 aliphatic carbocycles.